The van der Waals surface area contributed by atoms with Gasteiger partial charge in [-0.15, -0.1) is 0 Å². The van der Waals surface area contributed by atoms with Gasteiger partial charge in [-0.05, 0) is 38.5 Å². The van der Waals surface area contributed by atoms with Crippen LogP contribution in [0.2, 0.25) is 0 Å². The van der Waals surface area contributed by atoms with E-state index < -0.39 is 6.10 Å². The van der Waals surface area contributed by atoms with Crippen molar-refractivity contribution in [3.05, 3.63) is 12.2 Å². The molecule has 0 aromatic rings. The number of rotatable bonds is 4. The van der Waals surface area contributed by atoms with Crippen LogP contribution >= 0.6 is 0 Å². The largest absolute Gasteiger partial charge is 0.393 e. The lowest BCUT2D eigenvalue weighted by molar-refractivity contribution is -0.00446. The van der Waals surface area contributed by atoms with Gasteiger partial charge in [-0.3, -0.25) is 0 Å². The Kier molecular flexibility index (Phi) is 5.86. The Morgan fingerprint density at radius 3 is 3.10 bits per heavy atom. The van der Waals surface area contributed by atoms with E-state index in [1.54, 1.807) is 6.92 Å². The molecule has 0 saturated carbocycles. The minimum absolute atomic E-state index is 0.0185. The summed E-state index contributed by atoms with van der Waals surface area (Å²) >= 11 is 0. The fourth-order valence-corrected chi connectivity index (χ4v) is 2.89. The second kappa shape index (κ2) is 7.64. The van der Waals surface area contributed by atoms with Crippen molar-refractivity contribution in [3.63, 3.8) is 0 Å². The number of morpholine rings is 1. The topological polar surface area (TPSA) is 61.8 Å². The van der Waals surface area contributed by atoms with Gasteiger partial charge in [0.25, 0.3) is 0 Å². The molecule has 0 spiro atoms. The van der Waals surface area contributed by atoms with E-state index in [1.807, 2.05) is 4.90 Å². The van der Waals surface area contributed by atoms with Gasteiger partial charge >= 0.3 is 6.03 Å². The molecule has 5 heteroatoms. The molecule has 3 atom stereocenters. The summed E-state index contributed by atoms with van der Waals surface area (Å²) in [6.45, 7) is 4.19. The predicted octanol–water partition coefficient (Wildman–Crippen LogP) is 1.52. The standard InChI is InChI=1S/C15H26N2O3/c1-12(18)9-14-11-20-8-7-17(14)15(19)16-10-13-5-3-2-4-6-13/h2-3,12-14,18H,4-11H2,1H3,(H,16,19). The van der Waals surface area contributed by atoms with Crippen molar-refractivity contribution in [1.82, 2.24) is 10.2 Å². The van der Waals surface area contributed by atoms with Gasteiger partial charge in [0.1, 0.15) is 0 Å². The molecule has 1 aliphatic carbocycles. The van der Waals surface area contributed by atoms with Crippen molar-refractivity contribution in [2.75, 3.05) is 26.3 Å². The number of aliphatic hydroxyl groups is 1. The molecular weight excluding hydrogens is 256 g/mol. The molecule has 3 unspecified atom stereocenters. The second-order valence-corrected chi connectivity index (χ2v) is 5.84. The molecule has 2 amide bonds. The second-order valence-electron chi connectivity index (χ2n) is 5.84. The van der Waals surface area contributed by atoms with E-state index in [9.17, 15) is 9.90 Å². The van der Waals surface area contributed by atoms with Gasteiger partial charge in [0, 0.05) is 13.1 Å². The number of carbonyl (C=O) groups is 1. The number of nitrogens with zero attached hydrogens (tertiary/aromatic N) is 1. The molecule has 2 N–H and O–H groups in total. The highest BCUT2D eigenvalue weighted by Crippen LogP contribution is 2.18. The molecule has 0 aromatic carbocycles. The van der Waals surface area contributed by atoms with Crippen LogP contribution in [0.15, 0.2) is 12.2 Å². The molecule has 1 aliphatic heterocycles. The van der Waals surface area contributed by atoms with E-state index in [4.69, 9.17) is 4.74 Å². The third-order valence-electron chi connectivity index (χ3n) is 4.02. The summed E-state index contributed by atoms with van der Waals surface area (Å²) in [4.78, 5) is 14.1. The van der Waals surface area contributed by atoms with Gasteiger partial charge in [0.15, 0.2) is 0 Å². The van der Waals surface area contributed by atoms with Crippen LogP contribution in [0.3, 0.4) is 0 Å². The van der Waals surface area contributed by atoms with Crippen LogP contribution in [-0.4, -0.2) is 54.5 Å². The zero-order valence-corrected chi connectivity index (χ0v) is 12.3. The summed E-state index contributed by atoms with van der Waals surface area (Å²) in [5, 5.41) is 12.6. The minimum Gasteiger partial charge on any atom is -0.393 e. The van der Waals surface area contributed by atoms with Crippen molar-refractivity contribution in [3.8, 4) is 0 Å². The Hall–Kier alpha value is -1.07. The van der Waals surface area contributed by atoms with Crippen LogP contribution in [0.25, 0.3) is 0 Å². The maximum Gasteiger partial charge on any atom is 0.317 e. The predicted molar refractivity (Wildman–Crippen MR) is 77.5 cm³/mol. The number of urea groups is 1. The molecule has 5 nitrogen and oxygen atoms in total. The molecule has 20 heavy (non-hydrogen) atoms. The Labute approximate surface area is 121 Å². The summed E-state index contributed by atoms with van der Waals surface area (Å²) in [6, 6.07) is -0.0384. The Morgan fingerprint density at radius 1 is 1.55 bits per heavy atom. The molecule has 1 heterocycles. The van der Waals surface area contributed by atoms with Gasteiger partial charge in [0.05, 0.1) is 25.4 Å². The molecule has 0 bridgehead atoms. The monoisotopic (exact) mass is 282 g/mol. The molecule has 2 aliphatic rings. The quantitative estimate of drug-likeness (QED) is 0.769. The van der Waals surface area contributed by atoms with Crippen LogP contribution < -0.4 is 5.32 Å². The number of ether oxygens (including phenoxy) is 1. The van der Waals surface area contributed by atoms with Crippen molar-refractivity contribution >= 4 is 6.03 Å². The molecule has 1 fully saturated rings. The van der Waals surface area contributed by atoms with Crippen LogP contribution in [0.5, 0.6) is 0 Å². The van der Waals surface area contributed by atoms with E-state index >= 15 is 0 Å². The lowest BCUT2D eigenvalue weighted by atomic mass is 9.94. The van der Waals surface area contributed by atoms with Crippen molar-refractivity contribution in [2.24, 2.45) is 5.92 Å². The fraction of sp³-hybridized carbons (Fsp3) is 0.800. The van der Waals surface area contributed by atoms with Crippen LogP contribution in [0.1, 0.15) is 32.6 Å². The highest BCUT2D eigenvalue weighted by atomic mass is 16.5. The summed E-state index contributed by atoms with van der Waals surface area (Å²) in [6.07, 6.45) is 7.88. The number of aliphatic hydroxyl groups excluding tert-OH is 1. The van der Waals surface area contributed by atoms with E-state index in [-0.39, 0.29) is 12.1 Å². The first kappa shape index (κ1) is 15.3. The number of allylic oxidation sites excluding steroid dienone is 2. The first-order valence-electron chi connectivity index (χ1n) is 7.62. The van der Waals surface area contributed by atoms with Gasteiger partial charge in [-0.25, -0.2) is 4.79 Å². The van der Waals surface area contributed by atoms with Crippen molar-refractivity contribution < 1.29 is 14.6 Å². The Balaban J connectivity index is 1.80. The van der Waals surface area contributed by atoms with Crippen LogP contribution in [-0.2, 0) is 4.74 Å². The van der Waals surface area contributed by atoms with E-state index in [0.29, 0.717) is 32.1 Å². The molecular formula is C15H26N2O3. The maximum atomic E-state index is 12.3. The number of carbonyl (C=O) groups excluding carboxylic acids is 1. The average molecular weight is 282 g/mol. The first-order valence-corrected chi connectivity index (χ1v) is 7.62. The zero-order valence-electron chi connectivity index (χ0n) is 12.3. The normalized spacial score (nSPS) is 28.2. The van der Waals surface area contributed by atoms with Gasteiger partial charge in [0.2, 0.25) is 0 Å². The van der Waals surface area contributed by atoms with Gasteiger partial charge < -0.3 is 20.1 Å². The third-order valence-corrected chi connectivity index (χ3v) is 4.02. The number of hydrogen-bond acceptors (Lipinski definition) is 3. The first-order chi connectivity index (χ1) is 9.66. The van der Waals surface area contributed by atoms with E-state index in [1.165, 1.54) is 0 Å². The molecule has 0 aromatic heterocycles. The smallest absolute Gasteiger partial charge is 0.317 e. The van der Waals surface area contributed by atoms with E-state index in [0.717, 1.165) is 25.8 Å². The highest BCUT2D eigenvalue weighted by Gasteiger charge is 2.28. The van der Waals surface area contributed by atoms with Crippen molar-refractivity contribution in [1.29, 1.82) is 0 Å². The minimum atomic E-state index is -0.416. The number of amides is 2. The average Bonchev–Trinajstić information content (AvgIpc) is 2.46. The lowest BCUT2D eigenvalue weighted by Gasteiger charge is -2.36. The Morgan fingerprint density at radius 2 is 2.40 bits per heavy atom. The lowest BCUT2D eigenvalue weighted by Crippen LogP contribution is -2.53. The zero-order chi connectivity index (χ0) is 14.4. The third kappa shape index (κ3) is 4.49. The molecule has 0 radical (unpaired) electrons. The number of hydrogen-bond donors (Lipinski definition) is 2. The summed E-state index contributed by atoms with van der Waals surface area (Å²) in [5.41, 5.74) is 0. The molecule has 1 saturated heterocycles. The van der Waals surface area contributed by atoms with Crippen LogP contribution in [0.4, 0.5) is 4.79 Å². The fourth-order valence-electron chi connectivity index (χ4n) is 2.89. The summed E-state index contributed by atoms with van der Waals surface area (Å²) < 4.78 is 5.42. The van der Waals surface area contributed by atoms with Gasteiger partial charge in [-0.2, -0.15) is 0 Å². The summed E-state index contributed by atoms with van der Waals surface area (Å²) in [5.74, 6) is 0.556. The van der Waals surface area contributed by atoms with Crippen LogP contribution in [0, 0.1) is 5.92 Å². The number of nitrogens with one attached hydrogen (secondary N) is 1. The SMILES string of the molecule is CC(O)CC1COCCN1C(=O)NCC1CC=CCC1. The Bertz CT molecular complexity index is 344. The maximum absolute atomic E-state index is 12.3. The highest BCUT2D eigenvalue weighted by molar-refractivity contribution is 5.74. The van der Waals surface area contributed by atoms with E-state index in [2.05, 4.69) is 17.5 Å². The van der Waals surface area contributed by atoms with Gasteiger partial charge in [-0.1, -0.05) is 12.2 Å². The summed E-state index contributed by atoms with van der Waals surface area (Å²) in [7, 11) is 0. The molecule has 2 rings (SSSR count). The molecule has 114 valence electrons. The van der Waals surface area contributed by atoms with Crippen molar-refractivity contribution in [2.45, 2.75) is 44.8 Å².